The van der Waals surface area contributed by atoms with Crippen molar-refractivity contribution in [3.8, 4) is 17.2 Å². The first kappa shape index (κ1) is 24.4. The Labute approximate surface area is 264 Å². The maximum Gasteiger partial charge on any atom is 0.238 e. The normalized spacial score (nSPS) is 12.3. The predicted molar refractivity (Wildman–Crippen MR) is 189 cm³/mol. The van der Waals surface area contributed by atoms with Gasteiger partial charge in [0.05, 0.1) is 26.8 Å². The Morgan fingerprint density at radius 2 is 1.22 bits per heavy atom. The van der Waals surface area contributed by atoms with Gasteiger partial charge in [-0.2, -0.15) is 4.98 Å². The number of rotatable bonds is 2. The molecule has 11 aromatic rings. The van der Waals surface area contributed by atoms with E-state index in [0.29, 0.717) is 11.7 Å². The van der Waals surface area contributed by atoms with Gasteiger partial charge >= 0.3 is 0 Å². The van der Waals surface area contributed by atoms with Crippen LogP contribution in [-0.2, 0) is 0 Å². The van der Waals surface area contributed by atoms with Crippen molar-refractivity contribution >= 4 is 97.3 Å². The van der Waals surface area contributed by atoms with Crippen LogP contribution >= 0.6 is 11.3 Å². The molecule has 0 bridgehead atoms. The maximum absolute atomic E-state index is 6.48. The largest absolute Gasteiger partial charge is 0.456 e. The Morgan fingerprint density at radius 1 is 0.522 bits per heavy atom. The predicted octanol–water partition coefficient (Wildman–Crippen LogP) is 11.4. The van der Waals surface area contributed by atoms with Crippen molar-refractivity contribution in [1.82, 2.24) is 14.5 Å². The molecule has 46 heavy (non-hydrogen) atoms. The number of benzene rings is 6. The van der Waals surface area contributed by atoms with Gasteiger partial charge < -0.3 is 8.83 Å². The monoisotopic (exact) mass is 607 g/mol. The molecule has 6 heteroatoms. The molecule has 0 aliphatic carbocycles. The fourth-order valence-electron chi connectivity index (χ4n) is 7.23. The highest BCUT2D eigenvalue weighted by atomic mass is 32.1. The summed E-state index contributed by atoms with van der Waals surface area (Å²) in [5.74, 6) is 0.579. The van der Waals surface area contributed by atoms with Crippen molar-refractivity contribution < 1.29 is 8.83 Å². The van der Waals surface area contributed by atoms with Crippen molar-refractivity contribution in [1.29, 1.82) is 0 Å². The molecule has 5 nitrogen and oxygen atoms in total. The number of aromatic nitrogens is 3. The second-order valence-corrected chi connectivity index (χ2v) is 12.8. The molecule has 11 rings (SSSR count). The van der Waals surface area contributed by atoms with Gasteiger partial charge in [0.25, 0.3) is 0 Å². The van der Waals surface area contributed by atoms with Gasteiger partial charge in [0, 0.05) is 48.0 Å². The second-order valence-electron chi connectivity index (χ2n) is 11.7. The Kier molecular flexibility index (Phi) is 4.66. The van der Waals surface area contributed by atoms with Gasteiger partial charge in [-0.05, 0) is 42.5 Å². The van der Waals surface area contributed by atoms with Crippen molar-refractivity contribution in [2.24, 2.45) is 0 Å². The summed E-state index contributed by atoms with van der Waals surface area (Å²) in [7, 11) is 0. The topological polar surface area (TPSA) is 57.0 Å². The smallest absolute Gasteiger partial charge is 0.238 e. The zero-order valence-corrected chi connectivity index (χ0v) is 25.0. The minimum Gasteiger partial charge on any atom is -0.456 e. The van der Waals surface area contributed by atoms with Crippen LogP contribution < -0.4 is 0 Å². The summed E-state index contributed by atoms with van der Waals surface area (Å²) < 4.78 is 17.4. The molecule has 0 unspecified atom stereocenters. The minimum atomic E-state index is 0.563. The summed E-state index contributed by atoms with van der Waals surface area (Å²) in [6, 6.07) is 44.2. The fourth-order valence-corrected chi connectivity index (χ4v) is 8.47. The maximum atomic E-state index is 6.48. The molecule has 5 aromatic heterocycles. The quantitative estimate of drug-likeness (QED) is 0.196. The molecule has 0 N–H and O–H groups in total. The van der Waals surface area contributed by atoms with Gasteiger partial charge in [0.15, 0.2) is 0 Å². The van der Waals surface area contributed by atoms with Crippen LogP contribution in [0.3, 0.4) is 0 Å². The summed E-state index contributed by atoms with van der Waals surface area (Å²) in [5.41, 5.74) is 7.04. The number of hydrogen-bond donors (Lipinski definition) is 0. The molecule has 0 radical (unpaired) electrons. The number of fused-ring (bicyclic) bond motifs is 13. The number of hydrogen-bond acceptors (Lipinski definition) is 5. The third-order valence-corrected chi connectivity index (χ3v) is 10.4. The summed E-state index contributed by atoms with van der Waals surface area (Å²) in [4.78, 5) is 10.6. The molecular weight excluding hydrogens is 587 g/mol. The van der Waals surface area contributed by atoms with E-state index in [-0.39, 0.29) is 0 Å². The van der Waals surface area contributed by atoms with E-state index in [1.807, 2.05) is 53.8 Å². The zero-order chi connectivity index (χ0) is 29.9. The number of furan rings is 2. The average Bonchev–Trinajstić information content (AvgIpc) is 3.86. The first-order valence-corrected chi connectivity index (χ1v) is 16.1. The van der Waals surface area contributed by atoms with E-state index >= 15 is 0 Å². The molecule has 0 atom stereocenters. The molecule has 0 aliphatic rings. The number of para-hydroxylation sites is 3. The highest BCUT2D eigenvalue weighted by molar-refractivity contribution is 7.26. The zero-order valence-electron chi connectivity index (χ0n) is 24.2. The average molecular weight is 608 g/mol. The van der Waals surface area contributed by atoms with Gasteiger partial charge in [-0.1, -0.05) is 84.9 Å². The van der Waals surface area contributed by atoms with Gasteiger partial charge in [0.1, 0.15) is 16.7 Å². The van der Waals surface area contributed by atoms with Crippen molar-refractivity contribution in [3.63, 3.8) is 0 Å². The van der Waals surface area contributed by atoms with Crippen LogP contribution in [0, 0.1) is 0 Å². The van der Waals surface area contributed by atoms with E-state index in [4.69, 9.17) is 18.8 Å². The Morgan fingerprint density at radius 3 is 2.11 bits per heavy atom. The van der Waals surface area contributed by atoms with Gasteiger partial charge in [-0.3, -0.25) is 4.57 Å². The van der Waals surface area contributed by atoms with Crippen molar-refractivity contribution in [2.75, 3.05) is 0 Å². The van der Waals surface area contributed by atoms with Gasteiger partial charge in [0.2, 0.25) is 11.7 Å². The lowest BCUT2D eigenvalue weighted by Crippen LogP contribution is -2.03. The molecule has 0 amide bonds. The number of nitrogens with zero attached hydrogens (tertiary/aromatic N) is 3. The summed E-state index contributed by atoms with van der Waals surface area (Å²) in [6.07, 6.45) is 0. The van der Waals surface area contributed by atoms with E-state index in [1.165, 1.54) is 25.6 Å². The number of thiophene rings is 1. The van der Waals surface area contributed by atoms with Gasteiger partial charge in [-0.15, -0.1) is 11.3 Å². The molecule has 6 aromatic carbocycles. The molecule has 0 aliphatic heterocycles. The van der Waals surface area contributed by atoms with Crippen LogP contribution in [0.25, 0.3) is 103 Å². The first-order chi connectivity index (χ1) is 22.8. The first-order valence-electron chi connectivity index (χ1n) is 15.2. The molecule has 0 saturated heterocycles. The molecule has 0 spiro atoms. The van der Waals surface area contributed by atoms with E-state index in [9.17, 15) is 0 Å². The minimum absolute atomic E-state index is 0.563. The van der Waals surface area contributed by atoms with Crippen LogP contribution in [0.4, 0.5) is 0 Å². The van der Waals surface area contributed by atoms with Crippen molar-refractivity contribution in [2.45, 2.75) is 0 Å². The third kappa shape index (κ3) is 3.18. The fraction of sp³-hybridized carbons (Fsp3) is 0. The van der Waals surface area contributed by atoms with E-state index in [0.717, 1.165) is 66.0 Å². The Hall–Kier alpha value is -5.98. The molecule has 0 saturated carbocycles. The van der Waals surface area contributed by atoms with Crippen LogP contribution in [0.5, 0.6) is 0 Å². The highest BCUT2D eigenvalue weighted by Crippen LogP contribution is 2.44. The van der Waals surface area contributed by atoms with Crippen molar-refractivity contribution in [3.05, 3.63) is 127 Å². The van der Waals surface area contributed by atoms with E-state index < -0.39 is 0 Å². The Balaban J connectivity index is 1.30. The lowest BCUT2D eigenvalue weighted by atomic mass is 10.0. The van der Waals surface area contributed by atoms with E-state index in [1.54, 1.807) is 0 Å². The van der Waals surface area contributed by atoms with Crippen LogP contribution in [0.2, 0.25) is 0 Å². The molecular formula is C40H21N3O2S. The van der Waals surface area contributed by atoms with Crippen LogP contribution in [-0.4, -0.2) is 14.5 Å². The molecule has 5 heterocycles. The van der Waals surface area contributed by atoms with Crippen LogP contribution in [0.15, 0.2) is 136 Å². The lowest BCUT2D eigenvalue weighted by Gasteiger charge is -2.10. The molecule has 0 fully saturated rings. The van der Waals surface area contributed by atoms with Gasteiger partial charge in [-0.25, -0.2) is 4.98 Å². The second kappa shape index (κ2) is 8.81. The Bertz CT molecular complexity index is 3050. The van der Waals surface area contributed by atoms with Crippen LogP contribution in [0.1, 0.15) is 0 Å². The standard InChI is InChI=1S/C40H21N3O2S/c1-5-13-30-23(9-1)26-18-19-27-25-11-4-8-16-34(25)46-38(27)37(26)43(30)40-41-36(35-28-12-3-7-15-32(28)45-39(35)42-40)22-17-20-33-29(21-22)24-10-2-6-14-31(24)44-33/h1-21H. The molecule has 214 valence electrons. The highest BCUT2D eigenvalue weighted by Gasteiger charge is 2.23. The SMILES string of the molecule is c1ccc2c(c1)oc1ccc(-c3nc(-n4c5ccccc5c5ccc6c7ccccc7sc6c54)nc4oc5ccccc5c34)cc12. The summed E-state index contributed by atoms with van der Waals surface area (Å²) in [5, 5.41) is 8.86. The third-order valence-electron chi connectivity index (χ3n) is 9.26. The summed E-state index contributed by atoms with van der Waals surface area (Å²) in [6.45, 7) is 0. The lowest BCUT2D eigenvalue weighted by molar-refractivity contribution is 0.651. The van der Waals surface area contributed by atoms with E-state index in [2.05, 4.69) is 89.5 Å². The summed E-state index contributed by atoms with van der Waals surface area (Å²) >= 11 is 1.82.